The molecular weight excluding hydrogens is 370 g/mol. The molecule has 138 valence electrons. The van der Waals surface area contributed by atoms with Crippen molar-refractivity contribution >= 4 is 51.4 Å². The molecule has 0 saturated carbocycles. The zero-order chi connectivity index (χ0) is 18.9. The Hall–Kier alpha value is -2.13. The molecule has 26 heavy (non-hydrogen) atoms. The summed E-state index contributed by atoms with van der Waals surface area (Å²) >= 11 is 2.77. The summed E-state index contributed by atoms with van der Waals surface area (Å²) < 4.78 is 0.715. The Morgan fingerprint density at radius 3 is 2.81 bits per heavy atom. The SMILES string of the molecule is C[C@H](Sc1nnc(NC(C)(C)C)s1)C(=O)N1CC(=O)Nc2ccccc21. The van der Waals surface area contributed by atoms with Crippen LogP contribution in [0.2, 0.25) is 0 Å². The van der Waals surface area contributed by atoms with Gasteiger partial charge in [-0.05, 0) is 39.8 Å². The molecule has 1 atom stereocenters. The number of nitrogens with zero attached hydrogens (tertiary/aromatic N) is 3. The minimum Gasteiger partial charge on any atom is -0.355 e. The van der Waals surface area contributed by atoms with E-state index in [0.29, 0.717) is 10.0 Å². The maximum atomic E-state index is 12.9. The highest BCUT2D eigenvalue weighted by Crippen LogP contribution is 2.34. The average Bonchev–Trinajstić information content (AvgIpc) is 2.98. The molecule has 7 nitrogen and oxygen atoms in total. The van der Waals surface area contributed by atoms with Gasteiger partial charge in [-0.3, -0.25) is 14.5 Å². The fourth-order valence-corrected chi connectivity index (χ4v) is 4.65. The number of carbonyl (C=O) groups excluding carboxylic acids is 2. The number of aromatic nitrogens is 2. The lowest BCUT2D eigenvalue weighted by Crippen LogP contribution is -2.45. The van der Waals surface area contributed by atoms with Gasteiger partial charge >= 0.3 is 0 Å². The smallest absolute Gasteiger partial charge is 0.244 e. The van der Waals surface area contributed by atoms with E-state index in [2.05, 4.69) is 20.8 Å². The maximum absolute atomic E-state index is 12.9. The number of benzene rings is 1. The van der Waals surface area contributed by atoms with Crippen molar-refractivity contribution in [2.45, 2.75) is 42.8 Å². The lowest BCUT2D eigenvalue weighted by molar-refractivity contribution is -0.121. The van der Waals surface area contributed by atoms with Crippen molar-refractivity contribution in [2.75, 3.05) is 22.1 Å². The van der Waals surface area contributed by atoms with Crippen LogP contribution in [0.25, 0.3) is 0 Å². The molecule has 0 saturated heterocycles. The molecule has 2 aromatic rings. The molecule has 0 radical (unpaired) electrons. The fourth-order valence-electron chi connectivity index (χ4n) is 2.48. The molecule has 9 heteroatoms. The normalized spacial score (nSPS) is 15.2. The Kier molecular flexibility index (Phi) is 5.19. The van der Waals surface area contributed by atoms with Gasteiger partial charge in [-0.2, -0.15) is 0 Å². The zero-order valence-electron chi connectivity index (χ0n) is 15.1. The second-order valence-corrected chi connectivity index (χ2v) is 9.56. The van der Waals surface area contributed by atoms with E-state index in [1.54, 1.807) is 6.07 Å². The summed E-state index contributed by atoms with van der Waals surface area (Å²) in [6.07, 6.45) is 0. The highest BCUT2D eigenvalue weighted by molar-refractivity contribution is 8.02. The van der Waals surface area contributed by atoms with Crippen LogP contribution in [0.5, 0.6) is 0 Å². The highest BCUT2D eigenvalue weighted by atomic mass is 32.2. The van der Waals surface area contributed by atoms with Crippen molar-refractivity contribution < 1.29 is 9.59 Å². The number of hydrogen-bond donors (Lipinski definition) is 2. The van der Waals surface area contributed by atoms with Gasteiger partial charge < -0.3 is 10.6 Å². The summed E-state index contributed by atoms with van der Waals surface area (Å²) in [4.78, 5) is 26.4. The first-order chi connectivity index (χ1) is 12.2. The minimum atomic E-state index is -0.385. The van der Waals surface area contributed by atoms with Gasteiger partial charge in [0.2, 0.25) is 16.9 Å². The summed E-state index contributed by atoms with van der Waals surface area (Å²) in [5.41, 5.74) is 1.27. The first-order valence-electron chi connectivity index (χ1n) is 8.21. The largest absolute Gasteiger partial charge is 0.355 e. The number of hydrogen-bond acceptors (Lipinski definition) is 7. The number of rotatable bonds is 4. The molecule has 1 aliphatic rings. The quantitative estimate of drug-likeness (QED) is 0.778. The molecule has 3 rings (SSSR count). The Labute approximate surface area is 160 Å². The summed E-state index contributed by atoms with van der Waals surface area (Å²) in [6, 6.07) is 7.31. The molecule has 2 N–H and O–H groups in total. The van der Waals surface area contributed by atoms with E-state index in [1.165, 1.54) is 28.0 Å². The molecule has 0 aliphatic carbocycles. The lowest BCUT2D eigenvalue weighted by Gasteiger charge is -2.30. The van der Waals surface area contributed by atoms with Crippen LogP contribution in [0.3, 0.4) is 0 Å². The summed E-state index contributed by atoms with van der Waals surface area (Å²) in [5.74, 6) is -0.320. The van der Waals surface area contributed by atoms with Gasteiger partial charge in [0.1, 0.15) is 6.54 Å². The number of fused-ring (bicyclic) bond motifs is 1. The van der Waals surface area contributed by atoms with E-state index in [9.17, 15) is 9.59 Å². The number of thioether (sulfide) groups is 1. The van der Waals surface area contributed by atoms with Crippen molar-refractivity contribution in [1.82, 2.24) is 10.2 Å². The number of para-hydroxylation sites is 2. The summed E-state index contributed by atoms with van der Waals surface area (Å²) in [7, 11) is 0. The third-order valence-corrected chi connectivity index (χ3v) is 5.56. The van der Waals surface area contributed by atoms with Gasteiger partial charge in [0.05, 0.1) is 16.6 Å². The van der Waals surface area contributed by atoms with E-state index < -0.39 is 0 Å². The van der Waals surface area contributed by atoms with Crippen LogP contribution in [0.15, 0.2) is 28.6 Å². The van der Waals surface area contributed by atoms with E-state index in [4.69, 9.17) is 0 Å². The van der Waals surface area contributed by atoms with Crippen LogP contribution in [0.1, 0.15) is 27.7 Å². The van der Waals surface area contributed by atoms with Crippen LogP contribution in [0.4, 0.5) is 16.5 Å². The molecule has 0 fully saturated rings. The third-order valence-electron chi connectivity index (χ3n) is 3.55. The summed E-state index contributed by atoms with van der Waals surface area (Å²) in [5, 5.41) is 14.7. The first kappa shape index (κ1) is 18.7. The minimum absolute atomic E-state index is 0.0215. The summed E-state index contributed by atoms with van der Waals surface area (Å²) in [6.45, 7) is 7.98. The van der Waals surface area contributed by atoms with Crippen molar-refractivity contribution in [3.8, 4) is 0 Å². The Morgan fingerprint density at radius 2 is 2.08 bits per heavy atom. The number of anilines is 3. The van der Waals surface area contributed by atoms with Crippen LogP contribution in [-0.4, -0.2) is 39.3 Å². The van der Waals surface area contributed by atoms with Crippen molar-refractivity contribution in [2.24, 2.45) is 0 Å². The van der Waals surface area contributed by atoms with E-state index in [0.717, 1.165) is 10.8 Å². The molecule has 0 unspecified atom stereocenters. The van der Waals surface area contributed by atoms with Crippen molar-refractivity contribution in [3.05, 3.63) is 24.3 Å². The molecule has 0 bridgehead atoms. The molecular formula is C17H21N5O2S2. The van der Waals surface area contributed by atoms with E-state index in [1.807, 2.05) is 45.9 Å². The molecule has 1 aromatic heterocycles. The third kappa shape index (κ3) is 4.34. The zero-order valence-corrected chi connectivity index (χ0v) is 16.7. The Bertz CT molecular complexity index is 831. The average molecular weight is 392 g/mol. The molecule has 1 aromatic carbocycles. The number of carbonyl (C=O) groups is 2. The van der Waals surface area contributed by atoms with Gasteiger partial charge in [0.25, 0.3) is 0 Å². The second kappa shape index (κ2) is 7.24. The maximum Gasteiger partial charge on any atom is 0.244 e. The monoisotopic (exact) mass is 391 g/mol. The predicted octanol–water partition coefficient (Wildman–Crippen LogP) is 3.21. The standard InChI is InChI=1S/C17H21N5O2S2/c1-10(25-16-21-20-15(26-16)19-17(2,3)4)14(24)22-9-13(23)18-11-7-5-6-8-12(11)22/h5-8,10H,9H2,1-4H3,(H,18,23)(H,19,20)/t10-/m0/s1. The highest BCUT2D eigenvalue weighted by Gasteiger charge is 2.30. The fraction of sp³-hybridized carbons (Fsp3) is 0.412. The van der Waals surface area contributed by atoms with Gasteiger partial charge in [-0.25, -0.2) is 0 Å². The Morgan fingerprint density at radius 1 is 1.35 bits per heavy atom. The predicted molar refractivity (Wildman–Crippen MR) is 106 cm³/mol. The van der Waals surface area contributed by atoms with Crippen LogP contribution >= 0.6 is 23.1 Å². The second-order valence-electron chi connectivity index (χ2n) is 7.00. The number of nitrogens with one attached hydrogen (secondary N) is 2. The van der Waals surface area contributed by atoms with Gasteiger partial charge in [-0.15, -0.1) is 10.2 Å². The van der Waals surface area contributed by atoms with Crippen molar-refractivity contribution in [1.29, 1.82) is 0 Å². The van der Waals surface area contributed by atoms with Crippen LogP contribution in [0, 0.1) is 0 Å². The van der Waals surface area contributed by atoms with E-state index >= 15 is 0 Å². The Balaban J connectivity index is 1.72. The van der Waals surface area contributed by atoms with Gasteiger partial charge in [0, 0.05) is 5.54 Å². The molecule has 2 amide bonds. The van der Waals surface area contributed by atoms with Crippen LogP contribution < -0.4 is 15.5 Å². The molecule has 2 heterocycles. The molecule has 1 aliphatic heterocycles. The topological polar surface area (TPSA) is 87.2 Å². The number of amides is 2. The van der Waals surface area contributed by atoms with E-state index in [-0.39, 0.29) is 29.1 Å². The first-order valence-corrected chi connectivity index (χ1v) is 9.91. The lowest BCUT2D eigenvalue weighted by atomic mass is 10.1. The van der Waals surface area contributed by atoms with Crippen molar-refractivity contribution in [3.63, 3.8) is 0 Å². The van der Waals surface area contributed by atoms with Gasteiger partial charge in [-0.1, -0.05) is 35.2 Å². The van der Waals surface area contributed by atoms with Crippen LogP contribution in [-0.2, 0) is 9.59 Å². The molecule has 0 spiro atoms. The van der Waals surface area contributed by atoms with Gasteiger partial charge in [0.15, 0.2) is 4.34 Å².